The van der Waals surface area contributed by atoms with Gasteiger partial charge in [0.05, 0.1) is 16.8 Å². The number of nitrogens with zero attached hydrogens (tertiary/aromatic N) is 3. The van der Waals surface area contributed by atoms with Gasteiger partial charge in [-0.3, -0.25) is 14.6 Å². The number of benzene rings is 1. The minimum Gasteiger partial charge on any atom is -0.339 e. The van der Waals surface area contributed by atoms with Gasteiger partial charge in [0.2, 0.25) is 5.91 Å². The SMILES string of the molecule is Cc1ccnc(NC(=O)C2CCN(C(=O)c3cc4cc(C)ccc4nc3C)CC2)c1. The number of pyridine rings is 2. The Labute approximate surface area is 176 Å². The van der Waals surface area contributed by atoms with Crippen LogP contribution in [0, 0.1) is 26.7 Å². The molecule has 1 aliphatic rings. The lowest BCUT2D eigenvalue weighted by atomic mass is 9.95. The second kappa shape index (κ2) is 8.22. The summed E-state index contributed by atoms with van der Waals surface area (Å²) < 4.78 is 0. The number of amides is 2. The van der Waals surface area contributed by atoms with Crippen molar-refractivity contribution in [1.82, 2.24) is 14.9 Å². The van der Waals surface area contributed by atoms with E-state index in [0.29, 0.717) is 37.3 Å². The van der Waals surface area contributed by atoms with E-state index in [-0.39, 0.29) is 17.7 Å². The summed E-state index contributed by atoms with van der Waals surface area (Å²) in [5.41, 5.74) is 4.47. The van der Waals surface area contributed by atoms with E-state index in [2.05, 4.69) is 21.4 Å². The average Bonchev–Trinajstić information content (AvgIpc) is 2.73. The van der Waals surface area contributed by atoms with Gasteiger partial charge < -0.3 is 10.2 Å². The summed E-state index contributed by atoms with van der Waals surface area (Å²) in [6.45, 7) is 6.99. The number of aryl methyl sites for hydroxylation is 3. The summed E-state index contributed by atoms with van der Waals surface area (Å²) in [5, 5.41) is 3.88. The molecule has 0 radical (unpaired) electrons. The van der Waals surface area contributed by atoms with Crippen molar-refractivity contribution in [2.24, 2.45) is 5.92 Å². The summed E-state index contributed by atoms with van der Waals surface area (Å²) >= 11 is 0. The van der Waals surface area contributed by atoms with Gasteiger partial charge in [-0.1, -0.05) is 11.6 Å². The molecule has 6 heteroatoms. The third-order valence-corrected chi connectivity index (χ3v) is 5.71. The number of piperidine rings is 1. The van der Waals surface area contributed by atoms with Crippen LogP contribution >= 0.6 is 0 Å². The number of rotatable bonds is 3. The predicted octanol–water partition coefficient (Wildman–Crippen LogP) is 4.05. The van der Waals surface area contributed by atoms with Crippen LogP contribution in [0.2, 0.25) is 0 Å². The molecular weight excluding hydrogens is 376 g/mol. The van der Waals surface area contributed by atoms with Gasteiger partial charge in [0.1, 0.15) is 5.82 Å². The molecule has 0 saturated carbocycles. The summed E-state index contributed by atoms with van der Waals surface area (Å²) in [5.74, 6) is 0.420. The maximum atomic E-state index is 13.1. The van der Waals surface area contributed by atoms with Crippen molar-refractivity contribution >= 4 is 28.5 Å². The molecule has 2 aromatic heterocycles. The normalized spacial score (nSPS) is 14.7. The Morgan fingerprint density at radius 1 is 1.00 bits per heavy atom. The van der Waals surface area contributed by atoms with E-state index in [0.717, 1.165) is 27.7 Å². The van der Waals surface area contributed by atoms with E-state index in [1.54, 1.807) is 6.20 Å². The number of carbonyl (C=O) groups is 2. The van der Waals surface area contributed by atoms with Crippen LogP contribution in [0.1, 0.15) is 40.0 Å². The Kier molecular flexibility index (Phi) is 5.48. The van der Waals surface area contributed by atoms with Crippen LogP contribution in [-0.2, 0) is 4.79 Å². The second-order valence-electron chi connectivity index (χ2n) is 8.09. The molecule has 0 atom stereocenters. The Morgan fingerprint density at radius 2 is 1.73 bits per heavy atom. The van der Waals surface area contributed by atoms with Gasteiger partial charge in [-0.05, 0) is 69.5 Å². The number of anilines is 1. The van der Waals surface area contributed by atoms with Gasteiger partial charge in [-0.15, -0.1) is 0 Å². The fourth-order valence-corrected chi connectivity index (χ4v) is 3.96. The summed E-state index contributed by atoms with van der Waals surface area (Å²) in [6, 6.07) is 11.7. The van der Waals surface area contributed by atoms with Crippen molar-refractivity contribution in [3.05, 3.63) is 65.0 Å². The minimum atomic E-state index is -0.116. The highest BCUT2D eigenvalue weighted by Crippen LogP contribution is 2.24. The van der Waals surface area contributed by atoms with Crippen molar-refractivity contribution in [1.29, 1.82) is 0 Å². The van der Waals surface area contributed by atoms with E-state index in [1.165, 1.54) is 0 Å². The molecule has 0 unspecified atom stereocenters. The Hall–Kier alpha value is -3.28. The van der Waals surface area contributed by atoms with Crippen LogP contribution in [0.25, 0.3) is 10.9 Å². The standard InChI is InChI=1S/C24H26N4O2/c1-15-4-5-21-19(12-15)14-20(17(3)26-21)24(30)28-10-7-18(8-11-28)23(29)27-22-13-16(2)6-9-25-22/h4-6,9,12-14,18H,7-8,10-11H2,1-3H3,(H,25,27,29). The largest absolute Gasteiger partial charge is 0.339 e. The highest BCUT2D eigenvalue weighted by Gasteiger charge is 2.29. The Bertz CT molecular complexity index is 1120. The topological polar surface area (TPSA) is 75.2 Å². The molecule has 6 nitrogen and oxygen atoms in total. The highest BCUT2D eigenvalue weighted by atomic mass is 16.2. The zero-order chi connectivity index (χ0) is 21.3. The summed E-state index contributed by atoms with van der Waals surface area (Å²) in [4.78, 5) is 36.4. The fourth-order valence-electron chi connectivity index (χ4n) is 3.96. The second-order valence-corrected chi connectivity index (χ2v) is 8.09. The highest BCUT2D eigenvalue weighted by molar-refractivity contribution is 5.99. The van der Waals surface area contributed by atoms with Gasteiger partial charge in [-0.2, -0.15) is 0 Å². The van der Waals surface area contributed by atoms with E-state index >= 15 is 0 Å². The van der Waals surface area contributed by atoms with Crippen LogP contribution in [0.5, 0.6) is 0 Å². The maximum absolute atomic E-state index is 13.1. The molecule has 1 saturated heterocycles. The van der Waals surface area contributed by atoms with Gasteiger partial charge >= 0.3 is 0 Å². The average molecular weight is 402 g/mol. The number of fused-ring (bicyclic) bond motifs is 1. The van der Waals surface area contributed by atoms with Gasteiger partial charge in [-0.25, -0.2) is 4.98 Å². The van der Waals surface area contributed by atoms with E-state index in [4.69, 9.17) is 0 Å². The van der Waals surface area contributed by atoms with Crippen molar-refractivity contribution < 1.29 is 9.59 Å². The lowest BCUT2D eigenvalue weighted by Gasteiger charge is -2.31. The number of likely N-dealkylation sites (tertiary alicyclic amines) is 1. The first-order chi connectivity index (χ1) is 14.4. The zero-order valence-corrected chi connectivity index (χ0v) is 17.6. The summed E-state index contributed by atoms with van der Waals surface area (Å²) in [7, 11) is 0. The fraction of sp³-hybridized carbons (Fsp3) is 0.333. The number of nitrogens with one attached hydrogen (secondary N) is 1. The first-order valence-corrected chi connectivity index (χ1v) is 10.3. The zero-order valence-electron chi connectivity index (χ0n) is 17.6. The maximum Gasteiger partial charge on any atom is 0.255 e. The minimum absolute atomic E-state index is 0.0115. The monoisotopic (exact) mass is 402 g/mol. The van der Waals surface area contributed by atoms with Gasteiger partial charge in [0.15, 0.2) is 0 Å². The molecule has 4 rings (SSSR count). The van der Waals surface area contributed by atoms with Gasteiger partial charge in [0, 0.05) is 30.6 Å². The van der Waals surface area contributed by atoms with Crippen LogP contribution in [0.3, 0.4) is 0 Å². The molecule has 1 aromatic carbocycles. The van der Waals surface area contributed by atoms with Crippen LogP contribution in [-0.4, -0.2) is 39.8 Å². The summed E-state index contributed by atoms with van der Waals surface area (Å²) in [6.07, 6.45) is 2.97. The molecule has 0 aliphatic carbocycles. The number of hydrogen-bond acceptors (Lipinski definition) is 4. The first kappa shape index (κ1) is 20.0. The molecule has 1 aliphatic heterocycles. The van der Waals surface area contributed by atoms with Crippen LogP contribution < -0.4 is 5.32 Å². The predicted molar refractivity (Wildman–Crippen MR) is 117 cm³/mol. The molecule has 2 amide bonds. The molecule has 3 heterocycles. The number of hydrogen-bond donors (Lipinski definition) is 1. The van der Waals surface area contributed by atoms with Crippen molar-refractivity contribution in [3.8, 4) is 0 Å². The Balaban J connectivity index is 1.42. The van der Waals surface area contributed by atoms with Crippen molar-refractivity contribution in [2.45, 2.75) is 33.6 Å². The van der Waals surface area contributed by atoms with Crippen molar-refractivity contribution in [3.63, 3.8) is 0 Å². The Morgan fingerprint density at radius 3 is 2.47 bits per heavy atom. The van der Waals surface area contributed by atoms with E-state index in [9.17, 15) is 9.59 Å². The first-order valence-electron chi connectivity index (χ1n) is 10.3. The van der Waals surface area contributed by atoms with Gasteiger partial charge in [0.25, 0.3) is 5.91 Å². The molecule has 1 N–H and O–H groups in total. The number of carbonyl (C=O) groups excluding carboxylic acids is 2. The molecule has 3 aromatic rings. The smallest absolute Gasteiger partial charge is 0.255 e. The third kappa shape index (κ3) is 4.17. The molecule has 0 bridgehead atoms. The lowest BCUT2D eigenvalue weighted by molar-refractivity contribution is -0.121. The quantitative estimate of drug-likeness (QED) is 0.717. The third-order valence-electron chi connectivity index (χ3n) is 5.71. The molecule has 30 heavy (non-hydrogen) atoms. The molecule has 0 spiro atoms. The molecule has 1 fully saturated rings. The number of aromatic nitrogens is 2. The lowest BCUT2D eigenvalue weighted by Crippen LogP contribution is -2.41. The van der Waals surface area contributed by atoms with E-state index in [1.807, 2.05) is 56.0 Å². The molecular formula is C24H26N4O2. The van der Waals surface area contributed by atoms with Crippen LogP contribution in [0.15, 0.2) is 42.6 Å². The van der Waals surface area contributed by atoms with E-state index < -0.39 is 0 Å². The molecule has 154 valence electrons. The van der Waals surface area contributed by atoms with Crippen LogP contribution in [0.4, 0.5) is 5.82 Å². The van der Waals surface area contributed by atoms with Crippen molar-refractivity contribution in [2.75, 3.05) is 18.4 Å².